The van der Waals surface area contributed by atoms with Crippen LogP contribution in [0.2, 0.25) is 0 Å². The lowest BCUT2D eigenvalue weighted by molar-refractivity contribution is 0.0667. The zero-order valence-corrected chi connectivity index (χ0v) is 14.0. The van der Waals surface area contributed by atoms with Gasteiger partial charge in [0.1, 0.15) is 5.69 Å². The summed E-state index contributed by atoms with van der Waals surface area (Å²) in [5.41, 5.74) is 1.10. The second-order valence-corrected chi connectivity index (χ2v) is 6.51. The fourth-order valence-corrected chi connectivity index (χ4v) is 3.26. The molecule has 1 aliphatic rings. The molecular weight excluding hydrogens is 314 g/mol. The second kappa shape index (κ2) is 6.16. The molecule has 5 heteroatoms. The number of nitrogens with zero attached hydrogens (tertiary/aromatic N) is 2. The Morgan fingerprint density at radius 2 is 2.04 bits per heavy atom. The predicted molar refractivity (Wildman–Crippen MR) is 96.4 cm³/mol. The molecule has 1 aromatic carbocycles. The van der Waals surface area contributed by atoms with Crippen molar-refractivity contribution in [2.24, 2.45) is 0 Å². The van der Waals surface area contributed by atoms with E-state index in [0.717, 1.165) is 23.8 Å². The maximum atomic E-state index is 13.2. The van der Waals surface area contributed by atoms with Crippen molar-refractivity contribution in [3.8, 4) is 0 Å². The highest BCUT2D eigenvalue weighted by atomic mass is 16.2. The summed E-state index contributed by atoms with van der Waals surface area (Å²) in [6.07, 6.45) is 5.50. The molecule has 0 spiro atoms. The lowest BCUT2D eigenvalue weighted by atomic mass is 10.1. The summed E-state index contributed by atoms with van der Waals surface area (Å²) in [6, 6.07) is 13.0. The van der Waals surface area contributed by atoms with Gasteiger partial charge >= 0.3 is 0 Å². The van der Waals surface area contributed by atoms with Gasteiger partial charge in [-0.15, -0.1) is 0 Å². The molecule has 0 aliphatic heterocycles. The third kappa shape index (κ3) is 2.93. The molecule has 1 atom stereocenters. The number of pyridine rings is 2. The summed E-state index contributed by atoms with van der Waals surface area (Å²) in [6.45, 7) is 2.01. The third-order valence-corrected chi connectivity index (χ3v) is 4.74. The summed E-state index contributed by atoms with van der Waals surface area (Å²) >= 11 is 0. The lowest BCUT2D eigenvalue weighted by Crippen LogP contribution is -2.36. The average Bonchev–Trinajstić information content (AvgIpc) is 3.47. The first-order valence-corrected chi connectivity index (χ1v) is 8.50. The Kier molecular flexibility index (Phi) is 3.84. The molecule has 126 valence electrons. The van der Waals surface area contributed by atoms with Crippen LogP contribution in [-0.4, -0.2) is 26.8 Å². The van der Waals surface area contributed by atoms with Crippen LogP contribution in [0.5, 0.6) is 0 Å². The van der Waals surface area contributed by atoms with Crippen molar-refractivity contribution < 1.29 is 4.79 Å². The fraction of sp³-hybridized carbons (Fsp3) is 0.250. The largest absolute Gasteiger partial charge is 0.328 e. The van der Waals surface area contributed by atoms with Gasteiger partial charge in [-0.2, -0.15) is 0 Å². The van der Waals surface area contributed by atoms with Gasteiger partial charge in [0.15, 0.2) is 0 Å². The topological polar surface area (TPSA) is 66.1 Å². The maximum Gasteiger partial charge on any atom is 0.271 e. The molecule has 4 rings (SSSR count). The number of benzene rings is 1. The van der Waals surface area contributed by atoms with E-state index >= 15 is 0 Å². The van der Waals surface area contributed by atoms with Crippen LogP contribution in [0.1, 0.15) is 41.9 Å². The summed E-state index contributed by atoms with van der Waals surface area (Å²) < 4.78 is 0. The van der Waals surface area contributed by atoms with Gasteiger partial charge in [-0.1, -0.05) is 24.3 Å². The number of aromatic amines is 1. The number of hydrogen-bond acceptors (Lipinski definition) is 3. The number of carbonyl (C=O) groups excluding carboxylic acids is 1. The molecule has 0 saturated heterocycles. The van der Waals surface area contributed by atoms with Crippen molar-refractivity contribution in [3.63, 3.8) is 0 Å². The molecule has 1 amide bonds. The van der Waals surface area contributed by atoms with Crippen LogP contribution < -0.4 is 5.56 Å². The number of rotatable bonds is 4. The van der Waals surface area contributed by atoms with Crippen LogP contribution in [0.4, 0.5) is 0 Å². The van der Waals surface area contributed by atoms with Crippen LogP contribution in [0.3, 0.4) is 0 Å². The van der Waals surface area contributed by atoms with Crippen molar-refractivity contribution in [3.05, 3.63) is 76.5 Å². The van der Waals surface area contributed by atoms with Crippen molar-refractivity contribution in [2.75, 3.05) is 0 Å². The zero-order valence-electron chi connectivity index (χ0n) is 14.0. The van der Waals surface area contributed by atoms with Crippen LogP contribution >= 0.6 is 0 Å². The molecule has 0 radical (unpaired) electrons. The normalized spacial score (nSPS) is 15.1. The Bertz CT molecular complexity index is 977. The molecule has 1 N–H and O–H groups in total. The van der Waals surface area contributed by atoms with Crippen molar-refractivity contribution in [1.82, 2.24) is 14.9 Å². The first kappa shape index (κ1) is 15.6. The molecular formula is C20H19N3O2. The molecule has 2 heterocycles. The smallest absolute Gasteiger partial charge is 0.271 e. The molecule has 0 bridgehead atoms. The van der Waals surface area contributed by atoms with E-state index in [4.69, 9.17) is 0 Å². The number of aromatic nitrogens is 2. The Labute approximate surface area is 145 Å². The van der Waals surface area contributed by atoms with Crippen LogP contribution in [0.15, 0.2) is 59.7 Å². The minimum Gasteiger partial charge on any atom is -0.328 e. The van der Waals surface area contributed by atoms with Gasteiger partial charge in [0.05, 0.1) is 6.04 Å². The lowest BCUT2D eigenvalue weighted by Gasteiger charge is -2.29. The van der Waals surface area contributed by atoms with Crippen molar-refractivity contribution >= 4 is 16.7 Å². The van der Waals surface area contributed by atoms with Crippen LogP contribution in [0, 0.1) is 0 Å². The number of fused-ring (bicyclic) bond motifs is 1. The van der Waals surface area contributed by atoms with E-state index in [2.05, 4.69) is 9.97 Å². The highest BCUT2D eigenvalue weighted by Gasteiger charge is 2.37. The number of carbonyl (C=O) groups is 1. The molecule has 1 aliphatic carbocycles. The first-order chi connectivity index (χ1) is 12.1. The van der Waals surface area contributed by atoms with Crippen LogP contribution in [-0.2, 0) is 0 Å². The second-order valence-electron chi connectivity index (χ2n) is 6.51. The van der Waals surface area contributed by atoms with E-state index in [-0.39, 0.29) is 23.6 Å². The summed E-state index contributed by atoms with van der Waals surface area (Å²) in [5, 5.41) is 1.37. The number of H-pyrrole nitrogens is 1. The van der Waals surface area contributed by atoms with Gasteiger partial charge in [0.25, 0.3) is 11.5 Å². The number of amides is 1. The monoisotopic (exact) mass is 333 g/mol. The Morgan fingerprint density at radius 3 is 2.76 bits per heavy atom. The average molecular weight is 333 g/mol. The fourth-order valence-electron chi connectivity index (χ4n) is 3.26. The molecule has 3 aromatic rings. The molecule has 25 heavy (non-hydrogen) atoms. The zero-order chi connectivity index (χ0) is 17.4. The van der Waals surface area contributed by atoms with Gasteiger partial charge in [-0.25, -0.2) is 0 Å². The molecule has 0 unspecified atom stereocenters. The quantitative estimate of drug-likeness (QED) is 0.797. The summed E-state index contributed by atoms with van der Waals surface area (Å²) in [7, 11) is 0. The van der Waals surface area contributed by atoms with E-state index in [1.807, 2.05) is 42.2 Å². The van der Waals surface area contributed by atoms with E-state index in [1.54, 1.807) is 24.5 Å². The predicted octanol–water partition coefficient (Wildman–Crippen LogP) is 3.29. The minimum absolute atomic E-state index is 0.0938. The third-order valence-electron chi connectivity index (χ3n) is 4.74. The Morgan fingerprint density at radius 1 is 1.24 bits per heavy atom. The first-order valence-electron chi connectivity index (χ1n) is 8.50. The van der Waals surface area contributed by atoms with Crippen molar-refractivity contribution in [1.29, 1.82) is 0 Å². The minimum atomic E-state index is -0.230. The van der Waals surface area contributed by atoms with Gasteiger partial charge in [-0.3, -0.25) is 14.6 Å². The summed E-state index contributed by atoms with van der Waals surface area (Å²) in [4.78, 5) is 34.3. The number of nitrogens with one attached hydrogen (secondary N) is 1. The molecule has 2 aromatic heterocycles. The van der Waals surface area contributed by atoms with E-state index in [9.17, 15) is 9.59 Å². The number of hydrogen-bond donors (Lipinski definition) is 1. The Balaban J connectivity index is 1.74. The van der Waals surface area contributed by atoms with Gasteiger partial charge < -0.3 is 9.88 Å². The highest BCUT2D eigenvalue weighted by Crippen LogP contribution is 2.35. The van der Waals surface area contributed by atoms with Gasteiger partial charge in [0.2, 0.25) is 0 Å². The standard InChI is InChI=1S/C20H19N3O2/c1-13(15-6-4-10-21-12-15)23(16-8-9-16)20(25)18-11-14-5-2-3-7-17(14)19(24)22-18/h2-7,10-13,16H,8-9H2,1H3,(H,22,24)/t13-/m0/s1. The Hall–Kier alpha value is -2.95. The molecule has 5 nitrogen and oxygen atoms in total. The van der Waals surface area contributed by atoms with E-state index < -0.39 is 0 Å². The summed E-state index contributed by atoms with van der Waals surface area (Å²) in [5.74, 6) is -0.137. The molecule has 1 fully saturated rings. The molecule has 1 saturated carbocycles. The maximum absolute atomic E-state index is 13.2. The van der Waals surface area contributed by atoms with E-state index in [0.29, 0.717) is 11.1 Å². The van der Waals surface area contributed by atoms with Gasteiger partial charge in [0, 0.05) is 23.8 Å². The highest BCUT2D eigenvalue weighted by molar-refractivity contribution is 5.96. The van der Waals surface area contributed by atoms with E-state index in [1.165, 1.54) is 0 Å². The van der Waals surface area contributed by atoms with Crippen molar-refractivity contribution in [2.45, 2.75) is 31.8 Å². The van der Waals surface area contributed by atoms with Gasteiger partial charge in [-0.05, 0) is 48.9 Å². The SMILES string of the molecule is C[C@@H](c1cccnc1)N(C(=O)c1cc2ccccc2c(=O)[nH]1)C1CC1. The van der Waals surface area contributed by atoms with Crippen LogP contribution in [0.25, 0.3) is 10.8 Å².